The summed E-state index contributed by atoms with van der Waals surface area (Å²) >= 11 is 0. The number of aromatic nitrogens is 4. The van der Waals surface area contributed by atoms with Gasteiger partial charge in [0, 0.05) is 18.0 Å². The Hall–Kier alpha value is -3.69. The molecule has 29 heavy (non-hydrogen) atoms. The van der Waals surface area contributed by atoms with Crippen LogP contribution in [0, 0.1) is 5.82 Å². The minimum absolute atomic E-state index is 0.0476. The lowest BCUT2D eigenvalue weighted by Crippen LogP contribution is -2.17. The number of benzene rings is 1. The summed E-state index contributed by atoms with van der Waals surface area (Å²) in [5, 5.41) is 0. The van der Waals surface area contributed by atoms with Crippen LogP contribution in [0.4, 0.5) is 17.6 Å². The normalized spacial score (nSPS) is 11.7. The van der Waals surface area contributed by atoms with E-state index >= 15 is 0 Å². The van der Waals surface area contributed by atoms with Gasteiger partial charge in [-0.1, -0.05) is 12.1 Å². The van der Waals surface area contributed by atoms with Crippen LogP contribution in [0.25, 0.3) is 22.3 Å². The second-order valence-electron chi connectivity index (χ2n) is 6.20. The molecule has 6 nitrogen and oxygen atoms in total. The van der Waals surface area contributed by atoms with Crippen LogP contribution in [0.2, 0.25) is 0 Å². The second kappa shape index (κ2) is 7.04. The Balaban J connectivity index is 1.74. The van der Waals surface area contributed by atoms with Crippen LogP contribution < -0.4 is 10.4 Å². The Morgan fingerprint density at radius 1 is 1.07 bits per heavy atom. The van der Waals surface area contributed by atoms with Crippen molar-refractivity contribution in [2.45, 2.75) is 12.9 Å². The van der Waals surface area contributed by atoms with E-state index in [0.29, 0.717) is 27.9 Å². The first kappa shape index (κ1) is 18.7. The summed E-state index contributed by atoms with van der Waals surface area (Å²) in [7, 11) is 0. The van der Waals surface area contributed by atoms with E-state index in [1.165, 1.54) is 41.2 Å². The van der Waals surface area contributed by atoms with Crippen LogP contribution in [0.3, 0.4) is 0 Å². The number of fused-ring (bicyclic) bond motifs is 1. The third-order valence-electron chi connectivity index (χ3n) is 4.13. The molecule has 0 amide bonds. The van der Waals surface area contributed by atoms with Crippen LogP contribution in [0.5, 0.6) is 5.75 Å². The molecule has 1 N–H and O–H groups in total. The zero-order valence-corrected chi connectivity index (χ0v) is 14.6. The van der Waals surface area contributed by atoms with E-state index in [1.54, 1.807) is 12.1 Å². The molecular formula is C19H12F4N4O2. The SMILES string of the molecule is O=c1[nH]c2ncc(-c3cccc(OC(F)(F)F)c3)cc2n1Cc1cncc(F)c1. The van der Waals surface area contributed by atoms with Gasteiger partial charge in [-0.2, -0.15) is 0 Å². The number of ether oxygens (including phenoxy) is 1. The fraction of sp³-hybridized carbons (Fsp3) is 0.105. The second-order valence-corrected chi connectivity index (χ2v) is 6.20. The number of H-pyrrole nitrogens is 1. The molecule has 0 saturated carbocycles. The summed E-state index contributed by atoms with van der Waals surface area (Å²) in [6.07, 6.45) is -0.888. The summed E-state index contributed by atoms with van der Waals surface area (Å²) in [4.78, 5) is 22.8. The molecule has 3 aromatic heterocycles. The van der Waals surface area contributed by atoms with Crippen LogP contribution in [0.15, 0.2) is 59.8 Å². The van der Waals surface area contributed by atoms with Gasteiger partial charge in [-0.05, 0) is 35.4 Å². The first-order valence-electron chi connectivity index (χ1n) is 8.33. The third kappa shape index (κ3) is 4.10. The van der Waals surface area contributed by atoms with Crippen molar-refractivity contribution in [2.24, 2.45) is 0 Å². The Kier molecular flexibility index (Phi) is 4.53. The molecule has 0 spiro atoms. The van der Waals surface area contributed by atoms with E-state index in [4.69, 9.17) is 0 Å². The molecule has 0 aliphatic carbocycles. The zero-order valence-electron chi connectivity index (χ0n) is 14.6. The van der Waals surface area contributed by atoms with Gasteiger partial charge < -0.3 is 4.74 Å². The molecule has 0 fully saturated rings. The van der Waals surface area contributed by atoms with Gasteiger partial charge in [0.05, 0.1) is 18.3 Å². The molecule has 10 heteroatoms. The van der Waals surface area contributed by atoms with Gasteiger partial charge in [-0.3, -0.25) is 14.5 Å². The number of hydrogen-bond donors (Lipinski definition) is 1. The lowest BCUT2D eigenvalue weighted by molar-refractivity contribution is -0.274. The van der Waals surface area contributed by atoms with Crippen molar-refractivity contribution in [2.75, 3.05) is 0 Å². The maximum absolute atomic E-state index is 13.4. The van der Waals surface area contributed by atoms with E-state index in [1.807, 2.05) is 0 Å². The van der Waals surface area contributed by atoms with Crippen molar-refractivity contribution in [3.63, 3.8) is 0 Å². The van der Waals surface area contributed by atoms with Gasteiger partial charge in [0.15, 0.2) is 5.65 Å². The number of nitrogens with zero attached hydrogens (tertiary/aromatic N) is 3. The first-order chi connectivity index (χ1) is 13.8. The van der Waals surface area contributed by atoms with Crippen molar-refractivity contribution >= 4 is 11.2 Å². The van der Waals surface area contributed by atoms with Gasteiger partial charge in [-0.15, -0.1) is 13.2 Å². The predicted octanol–water partition coefficient (Wildman–Crippen LogP) is 3.87. The summed E-state index contributed by atoms with van der Waals surface area (Å²) in [6, 6.07) is 8.29. The van der Waals surface area contributed by atoms with E-state index in [2.05, 4.69) is 19.7 Å². The predicted molar refractivity (Wildman–Crippen MR) is 95.8 cm³/mol. The van der Waals surface area contributed by atoms with Crippen molar-refractivity contribution in [1.29, 1.82) is 0 Å². The molecule has 3 heterocycles. The van der Waals surface area contributed by atoms with E-state index in [-0.39, 0.29) is 12.3 Å². The maximum atomic E-state index is 13.4. The van der Waals surface area contributed by atoms with Gasteiger partial charge >= 0.3 is 12.1 Å². The number of pyridine rings is 2. The number of rotatable bonds is 4. The molecule has 1 aromatic carbocycles. The average molecular weight is 404 g/mol. The largest absolute Gasteiger partial charge is 0.573 e. The van der Waals surface area contributed by atoms with Crippen molar-refractivity contribution in [3.8, 4) is 16.9 Å². The van der Waals surface area contributed by atoms with E-state index < -0.39 is 17.9 Å². The first-order valence-corrected chi connectivity index (χ1v) is 8.33. The summed E-state index contributed by atoms with van der Waals surface area (Å²) < 4.78 is 56.1. The quantitative estimate of drug-likeness (QED) is 0.524. The number of aromatic amines is 1. The molecule has 0 unspecified atom stereocenters. The Labute approximate surface area is 160 Å². The number of halogens is 4. The zero-order chi connectivity index (χ0) is 20.6. The summed E-state index contributed by atoms with van der Waals surface area (Å²) in [5.74, 6) is -0.900. The molecule has 4 aromatic rings. The average Bonchev–Trinajstić information content (AvgIpc) is 2.95. The third-order valence-corrected chi connectivity index (χ3v) is 4.13. The van der Waals surface area contributed by atoms with Crippen molar-refractivity contribution in [1.82, 2.24) is 19.5 Å². The molecule has 0 aliphatic heterocycles. The number of nitrogens with one attached hydrogen (secondary N) is 1. The van der Waals surface area contributed by atoms with Gasteiger partial charge in [0.2, 0.25) is 0 Å². The van der Waals surface area contributed by atoms with Crippen LogP contribution >= 0.6 is 0 Å². The fourth-order valence-electron chi connectivity index (χ4n) is 2.95. The Morgan fingerprint density at radius 3 is 2.66 bits per heavy atom. The van der Waals surface area contributed by atoms with Crippen LogP contribution in [-0.2, 0) is 6.54 Å². The smallest absolute Gasteiger partial charge is 0.406 e. The number of hydrogen-bond acceptors (Lipinski definition) is 4. The monoisotopic (exact) mass is 404 g/mol. The molecule has 0 aliphatic rings. The highest BCUT2D eigenvalue weighted by molar-refractivity contribution is 5.78. The number of imidazole rings is 1. The lowest BCUT2D eigenvalue weighted by Gasteiger charge is -2.10. The molecule has 0 saturated heterocycles. The molecule has 0 bridgehead atoms. The van der Waals surface area contributed by atoms with Gasteiger partial charge in [0.1, 0.15) is 11.6 Å². The fourth-order valence-corrected chi connectivity index (χ4v) is 2.95. The Morgan fingerprint density at radius 2 is 1.90 bits per heavy atom. The van der Waals surface area contributed by atoms with Gasteiger partial charge in [0.25, 0.3) is 0 Å². The Bertz CT molecular complexity index is 1250. The molecule has 148 valence electrons. The number of alkyl halides is 3. The standard InChI is InChI=1S/C19H12F4N4O2/c20-14-4-11(7-24-9-14)10-27-16-6-13(8-25-17(16)26-18(27)28)12-2-1-3-15(5-12)29-19(21,22)23/h1-9H,10H2,(H,25,26,28). The minimum atomic E-state index is -4.80. The van der Waals surface area contributed by atoms with Crippen LogP contribution in [-0.4, -0.2) is 25.9 Å². The molecule has 0 radical (unpaired) electrons. The van der Waals surface area contributed by atoms with Crippen molar-refractivity contribution < 1.29 is 22.3 Å². The summed E-state index contributed by atoms with van der Waals surface area (Å²) in [6.45, 7) is 0.0476. The highest BCUT2D eigenvalue weighted by Gasteiger charge is 2.31. The van der Waals surface area contributed by atoms with E-state index in [9.17, 15) is 22.4 Å². The lowest BCUT2D eigenvalue weighted by atomic mass is 10.1. The highest BCUT2D eigenvalue weighted by atomic mass is 19.4. The molecular weight excluding hydrogens is 392 g/mol. The maximum Gasteiger partial charge on any atom is 0.573 e. The molecule has 0 atom stereocenters. The van der Waals surface area contributed by atoms with E-state index in [0.717, 1.165) is 6.20 Å². The molecule has 4 rings (SSSR count). The topological polar surface area (TPSA) is 72.8 Å². The van der Waals surface area contributed by atoms with Gasteiger partial charge in [-0.25, -0.2) is 14.2 Å². The van der Waals surface area contributed by atoms with Crippen LogP contribution in [0.1, 0.15) is 5.56 Å². The highest BCUT2D eigenvalue weighted by Crippen LogP contribution is 2.28. The minimum Gasteiger partial charge on any atom is -0.406 e. The summed E-state index contributed by atoms with van der Waals surface area (Å²) in [5.41, 5.74) is 1.63. The van der Waals surface area contributed by atoms with Crippen molar-refractivity contribution in [3.05, 3.63) is 76.9 Å².